The largest absolute Gasteiger partial charge is 0.482 e. The van der Waals surface area contributed by atoms with Gasteiger partial charge >= 0.3 is 0 Å². The highest BCUT2D eigenvalue weighted by atomic mass is 35.5. The van der Waals surface area contributed by atoms with Crippen LogP contribution in [0.25, 0.3) is 11.1 Å². The number of ether oxygens (including phenoxy) is 1. The van der Waals surface area contributed by atoms with E-state index in [1.165, 1.54) is 24.0 Å². The van der Waals surface area contributed by atoms with E-state index in [-0.39, 0.29) is 21.8 Å². The molecule has 0 radical (unpaired) electrons. The first-order valence-electron chi connectivity index (χ1n) is 12.7. The predicted octanol–water partition coefficient (Wildman–Crippen LogP) is 6.41. The first-order valence-corrected chi connectivity index (χ1v) is 15.3. The second-order valence-corrected chi connectivity index (χ2v) is 13.6. The van der Waals surface area contributed by atoms with Gasteiger partial charge in [-0.15, -0.1) is 0 Å². The lowest BCUT2D eigenvalue weighted by Crippen LogP contribution is -2.54. The molecule has 208 valence electrons. The topological polar surface area (TPSA) is 97.5 Å². The van der Waals surface area contributed by atoms with Crippen LogP contribution in [0.4, 0.5) is 15.9 Å². The maximum absolute atomic E-state index is 14.1. The fraction of sp³-hybridized carbons (Fsp3) is 0.393. The number of pyridine rings is 1. The molecule has 3 heterocycles. The van der Waals surface area contributed by atoms with Crippen LogP contribution in [0, 0.1) is 5.82 Å². The molecule has 2 aliphatic rings. The molecule has 0 bridgehead atoms. The van der Waals surface area contributed by atoms with Crippen LogP contribution in [0.3, 0.4) is 0 Å². The summed E-state index contributed by atoms with van der Waals surface area (Å²) in [6.07, 6.45) is 3.73. The van der Waals surface area contributed by atoms with Crippen LogP contribution in [0.15, 0.2) is 42.6 Å². The van der Waals surface area contributed by atoms with Gasteiger partial charge in [0, 0.05) is 52.1 Å². The van der Waals surface area contributed by atoms with Gasteiger partial charge in [0.1, 0.15) is 11.9 Å². The zero-order valence-electron chi connectivity index (χ0n) is 22.2. The van der Waals surface area contributed by atoms with Crippen LogP contribution in [0.1, 0.15) is 50.8 Å². The van der Waals surface area contributed by atoms with Crippen molar-refractivity contribution < 1.29 is 17.5 Å². The molecule has 0 amide bonds. The van der Waals surface area contributed by atoms with E-state index < -0.39 is 21.9 Å². The molecule has 39 heavy (non-hydrogen) atoms. The van der Waals surface area contributed by atoms with Gasteiger partial charge in [0.15, 0.2) is 11.6 Å². The number of nitrogens with two attached hydrogens (primary N) is 1. The first-order chi connectivity index (χ1) is 18.2. The molecule has 0 unspecified atom stereocenters. The van der Waals surface area contributed by atoms with Gasteiger partial charge in [-0.05, 0) is 69.0 Å². The molecular weight excluding hydrogens is 562 g/mol. The Morgan fingerprint density at radius 3 is 2.49 bits per heavy atom. The van der Waals surface area contributed by atoms with E-state index in [0.29, 0.717) is 29.4 Å². The number of hydrogen-bond acceptors (Lipinski definition) is 6. The number of nitrogens with one attached hydrogen (secondary N) is 1. The van der Waals surface area contributed by atoms with Crippen molar-refractivity contribution in [3.8, 4) is 16.9 Å². The molecule has 1 saturated heterocycles. The van der Waals surface area contributed by atoms with Gasteiger partial charge in [0.05, 0.1) is 11.3 Å². The van der Waals surface area contributed by atoms with Gasteiger partial charge in [0.2, 0.25) is 10.0 Å². The first kappa shape index (κ1) is 28.0. The SMILES string of the molecule is C[C@@H](Oc1cc(-c2ccc3c(c2)NC(C)(C)C32CCN(S(C)(=O)=O)CC2)cnc1N)c1c(Cl)ccc(F)c1Cl. The number of hydrogen-bond donors (Lipinski definition) is 2. The maximum Gasteiger partial charge on any atom is 0.211 e. The van der Waals surface area contributed by atoms with Crippen LogP contribution in [-0.4, -0.2) is 42.6 Å². The molecule has 1 fully saturated rings. The van der Waals surface area contributed by atoms with Crippen molar-refractivity contribution in [3.05, 3.63) is 69.6 Å². The third kappa shape index (κ3) is 4.84. The normalized spacial score (nSPS) is 18.9. The summed E-state index contributed by atoms with van der Waals surface area (Å²) < 4.78 is 45.9. The van der Waals surface area contributed by atoms with E-state index >= 15 is 0 Å². The molecule has 0 saturated carbocycles. The third-order valence-electron chi connectivity index (χ3n) is 8.23. The summed E-state index contributed by atoms with van der Waals surface area (Å²) in [4.78, 5) is 4.33. The quantitative estimate of drug-likeness (QED) is 0.332. The second-order valence-electron chi connectivity index (χ2n) is 10.9. The number of fused-ring (bicyclic) bond motifs is 2. The molecule has 7 nitrogen and oxygen atoms in total. The van der Waals surface area contributed by atoms with Gasteiger partial charge < -0.3 is 15.8 Å². The average molecular weight is 594 g/mol. The minimum absolute atomic E-state index is 0.0960. The molecular formula is C28H31Cl2FN4O3S. The number of nitrogen functional groups attached to an aromatic ring is 1. The summed E-state index contributed by atoms with van der Waals surface area (Å²) in [6.45, 7) is 7.04. The number of rotatable bonds is 5. The molecule has 1 spiro atoms. The van der Waals surface area contributed by atoms with Gasteiger partial charge in [-0.2, -0.15) is 0 Å². The van der Waals surface area contributed by atoms with Crippen molar-refractivity contribution in [3.63, 3.8) is 0 Å². The summed E-state index contributed by atoms with van der Waals surface area (Å²) in [5.41, 5.74) is 9.91. The zero-order chi connectivity index (χ0) is 28.3. The van der Waals surface area contributed by atoms with Gasteiger partial charge in [0.25, 0.3) is 0 Å². The minimum Gasteiger partial charge on any atom is -0.482 e. The van der Waals surface area contributed by atoms with E-state index in [1.807, 2.05) is 6.07 Å². The molecule has 2 aromatic carbocycles. The van der Waals surface area contributed by atoms with Crippen molar-refractivity contribution in [2.24, 2.45) is 0 Å². The van der Waals surface area contributed by atoms with E-state index in [1.54, 1.807) is 23.5 Å². The number of benzene rings is 2. The Labute approximate surface area is 238 Å². The maximum atomic E-state index is 14.1. The number of aromatic nitrogens is 1. The van der Waals surface area contributed by atoms with Crippen LogP contribution < -0.4 is 15.8 Å². The number of halogens is 3. The third-order valence-corrected chi connectivity index (χ3v) is 10.2. The van der Waals surface area contributed by atoms with Gasteiger partial charge in [-0.25, -0.2) is 22.1 Å². The molecule has 0 aliphatic carbocycles. The Morgan fingerprint density at radius 2 is 1.82 bits per heavy atom. The Morgan fingerprint density at radius 1 is 1.13 bits per heavy atom. The molecule has 1 atom stereocenters. The zero-order valence-corrected chi connectivity index (χ0v) is 24.5. The summed E-state index contributed by atoms with van der Waals surface area (Å²) in [5.74, 6) is -0.0688. The van der Waals surface area contributed by atoms with Crippen molar-refractivity contribution in [2.45, 2.75) is 50.7 Å². The molecule has 2 aliphatic heterocycles. The summed E-state index contributed by atoms with van der Waals surface area (Å²) >= 11 is 12.5. The van der Waals surface area contributed by atoms with Gasteiger partial charge in [-0.3, -0.25) is 0 Å². The van der Waals surface area contributed by atoms with E-state index in [9.17, 15) is 12.8 Å². The highest BCUT2D eigenvalue weighted by Gasteiger charge is 2.54. The Balaban J connectivity index is 1.44. The molecule has 3 N–H and O–H groups in total. The molecule has 1 aromatic heterocycles. The minimum atomic E-state index is -3.22. The monoisotopic (exact) mass is 592 g/mol. The van der Waals surface area contributed by atoms with Crippen molar-refractivity contribution in [1.29, 1.82) is 0 Å². The summed E-state index contributed by atoms with van der Waals surface area (Å²) in [7, 11) is -3.22. The van der Waals surface area contributed by atoms with Crippen LogP contribution >= 0.6 is 23.2 Å². The standard InChI is InChI=1S/C28H31Cl2FN4O3S/c1-16(24-20(29)7-8-21(31)25(24)30)38-23-14-18(15-33-26(23)32)17-5-6-19-22(13-17)34-27(2,3)28(19)9-11-35(12-10-28)39(4,36)37/h5-8,13-16,34H,9-12H2,1-4H3,(H2,32,33)/t16-/m1/s1. The van der Waals surface area contributed by atoms with E-state index in [4.69, 9.17) is 33.7 Å². The van der Waals surface area contributed by atoms with Crippen molar-refractivity contribution >= 4 is 44.7 Å². The van der Waals surface area contributed by atoms with Crippen molar-refractivity contribution in [1.82, 2.24) is 9.29 Å². The van der Waals surface area contributed by atoms with Crippen molar-refractivity contribution in [2.75, 3.05) is 30.4 Å². The van der Waals surface area contributed by atoms with E-state index in [2.05, 4.69) is 36.3 Å². The fourth-order valence-electron chi connectivity index (χ4n) is 6.00. The Kier molecular flexibility index (Phi) is 7.02. The fourth-order valence-corrected chi connectivity index (χ4v) is 7.53. The van der Waals surface area contributed by atoms with Crippen LogP contribution in [0.5, 0.6) is 5.75 Å². The highest BCUT2D eigenvalue weighted by Crippen LogP contribution is 2.54. The number of anilines is 2. The average Bonchev–Trinajstić information content (AvgIpc) is 3.07. The highest BCUT2D eigenvalue weighted by molar-refractivity contribution is 7.88. The molecule has 5 rings (SSSR count). The number of sulfonamides is 1. The second kappa shape index (κ2) is 9.80. The summed E-state index contributed by atoms with van der Waals surface area (Å²) in [6, 6.07) is 10.7. The van der Waals surface area contributed by atoms with Crippen LogP contribution in [-0.2, 0) is 15.4 Å². The van der Waals surface area contributed by atoms with E-state index in [0.717, 1.165) is 29.7 Å². The number of piperidine rings is 1. The lowest BCUT2D eigenvalue weighted by molar-refractivity contribution is 0.178. The Hall–Kier alpha value is -2.59. The smallest absolute Gasteiger partial charge is 0.211 e. The summed E-state index contributed by atoms with van der Waals surface area (Å²) in [5, 5.41) is 3.88. The van der Waals surface area contributed by atoms with Gasteiger partial charge in [-0.1, -0.05) is 35.3 Å². The lowest BCUT2D eigenvalue weighted by atomic mass is 9.64. The molecule has 3 aromatic rings. The lowest BCUT2D eigenvalue weighted by Gasteiger charge is -2.47. The number of nitrogens with zero attached hydrogens (tertiary/aromatic N) is 2. The predicted molar refractivity (Wildman–Crippen MR) is 155 cm³/mol. The molecule has 11 heteroatoms. The Bertz CT molecular complexity index is 1560. The van der Waals surface area contributed by atoms with Crippen LogP contribution in [0.2, 0.25) is 10.0 Å².